The summed E-state index contributed by atoms with van der Waals surface area (Å²) < 4.78 is 0. The van der Waals surface area contributed by atoms with E-state index < -0.39 is 0 Å². The molecule has 1 aromatic rings. The van der Waals surface area contributed by atoms with Crippen LogP contribution in [0.25, 0.3) is 0 Å². The van der Waals surface area contributed by atoms with E-state index in [0.717, 1.165) is 12.2 Å². The maximum Gasteiger partial charge on any atom is 0.167 e. The fraction of sp³-hybridized carbons (Fsp3) is 0.778. The molecule has 13 heavy (non-hydrogen) atoms. The van der Waals surface area contributed by atoms with Crippen LogP contribution in [0.5, 0.6) is 0 Å². The molecule has 0 aromatic carbocycles. The molecule has 1 atom stereocenters. The highest BCUT2D eigenvalue weighted by Crippen LogP contribution is 2.27. The van der Waals surface area contributed by atoms with Gasteiger partial charge in [0.05, 0.1) is 6.04 Å². The predicted octanol–water partition coefficient (Wildman–Crippen LogP) is 1.41. The van der Waals surface area contributed by atoms with Crippen LogP contribution in [0.2, 0.25) is 0 Å². The molecule has 0 fully saturated rings. The van der Waals surface area contributed by atoms with E-state index in [2.05, 4.69) is 36.0 Å². The number of aromatic amines is 1. The Balaban J connectivity index is 2.83. The van der Waals surface area contributed by atoms with Crippen LogP contribution >= 0.6 is 0 Å². The van der Waals surface area contributed by atoms with Gasteiger partial charge in [-0.3, -0.25) is 5.10 Å². The second-order valence-corrected chi connectivity index (χ2v) is 4.34. The first kappa shape index (κ1) is 10.2. The molecular formula is C9H18N4. The Kier molecular flexibility index (Phi) is 2.71. The van der Waals surface area contributed by atoms with E-state index in [-0.39, 0.29) is 11.5 Å². The molecule has 1 heterocycles. The smallest absolute Gasteiger partial charge is 0.167 e. The lowest BCUT2D eigenvalue weighted by molar-refractivity contribution is 0.316. The van der Waals surface area contributed by atoms with Gasteiger partial charge in [-0.2, -0.15) is 5.10 Å². The average molecular weight is 182 g/mol. The first-order valence-corrected chi connectivity index (χ1v) is 4.62. The number of nitrogens with zero attached hydrogens (tertiary/aromatic N) is 2. The van der Waals surface area contributed by atoms with Crippen molar-refractivity contribution in [3.63, 3.8) is 0 Å². The minimum absolute atomic E-state index is 0.00715. The lowest BCUT2D eigenvalue weighted by Gasteiger charge is -2.24. The molecule has 0 bridgehead atoms. The van der Waals surface area contributed by atoms with Crippen LogP contribution in [0.3, 0.4) is 0 Å². The van der Waals surface area contributed by atoms with Gasteiger partial charge in [-0.15, -0.1) is 0 Å². The van der Waals surface area contributed by atoms with E-state index in [1.807, 2.05) is 6.92 Å². The van der Waals surface area contributed by atoms with Gasteiger partial charge in [0.15, 0.2) is 5.82 Å². The molecule has 4 heteroatoms. The fourth-order valence-electron chi connectivity index (χ4n) is 0.995. The average Bonchev–Trinajstić information content (AvgIpc) is 2.48. The molecule has 0 spiro atoms. The van der Waals surface area contributed by atoms with Gasteiger partial charge in [-0.05, 0) is 5.41 Å². The van der Waals surface area contributed by atoms with Crippen molar-refractivity contribution in [1.29, 1.82) is 0 Å². The zero-order chi connectivity index (χ0) is 10.1. The second kappa shape index (κ2) is 3.46. The molecule has 3 N–H and O–H groups in total. The summed E-state index contributed by atoms with van der Waals surface area (Å²) in [4.78, 5) is 4.30. The molecule has 74 valence electrons. The monoisotopic (exact) mass is 182 g/mol. The van der Waals surface area contributed by atoms with E-state index in [0.29, 0.717) is 5.82 Å². The summed E-state index contributed by atoms with van der Waals surface area (Å²) >= 11 is 0. The van der Waals surface area contributed by atoms with Gasteiger partial charge in [-0.25, -0.2) is 4.98 Å². The lowest BCUT2D eigenvalue weighted by Crippen LogP contribution is -2.27. The largest absolute Gasteiger partial charge is 0.321 e. The standard InChI is InChI=1S/C9H18N4/c1-5-6-11-8(13-12-6)7(10)9(2,3)4/h7H,5,10H2,1-4H3,(H,11,12,13)/t7-/m0/s1. The fourth-order valence-corrected chi connectivity index (χ4v) is 0.995. The highest BCUT2D eigenvalue weighted by atomic mass is 15.2. The molecule has 0 aliphatic carbocycles. The Morgan fingerprint density at radius 1 is 1.46 bits per heavy atom. The van der Waals surface area contributed by atoms with Crippen LogP contribution in [0.1, 0.15) is 45.4 Å². The zero-order valence-electron chi connectivity index (χ0n) is 8.76. The normalized spacial score (nSPS) is 14.5. The molecule has 1 rings (SSSR count). The number of aromatic nitrogens is 3. The highest BCUT2D eigenvalue weighted by Gasteiger charge is 2.25. The van der Waals surface area contributed by atoms with Crippen molar-refractivity contribution in [3.8, 4) is 0 Å². The quantitative estimate of drug-likeness (QED) is 0.726. The number of nitrogens with two attached hydrogens (primary N) is 1. The van der Waals surface area contributed by atoms with Crippen molar-refractivity contribution in [2.24, 2.45) is 11.1 Å². The SMILES string of the molecule is CCc1nc([C@H](N)C(C)(C)C)n[nH]1. The molecule has 0 aliphatic rings. The van der Waals surface area contributed by atoms with Crippen LogP contribution in [0, 0.1) is 5.41 Å². The summed E-state index contributed by atoms with van der Waals surface area (Å²) in [6, 6.07) is -0.107. The Labute approximate surface area is 78.9 Å². The Hall–Kier alpha value is -0.900. The minimum atomic E-state index is -0.107. The van der Waals surface area contributed by atoms with Gasteiger partial charge >= 0.3 is 0 Å². The molecule has 0 saturated carbocycles. The molecular weight excluding hydrogens is 164 g/mol. The first-order valence-electron chi connectivity index (χ1n) is 4.62. The van der Waals surface area contributed by atoms with E-state index >= 15 is 0 Å². The van der Waals surface area contributed by atoms with Crippen LogP contribution in [0.4, 0.5) is 0 Å². The van der Waals surface area contributed by atoms with E-state index in [9.17, 15) is 0 Å². The van der Waals surface area contributed by atoms with Crippen LogP contribution < -0.4 is 5.73 Å². The number of H-pyrrole nitrogens is 1. The molecule has 0 saturated heterocycles. The number of rotatable bonds is 2. The van der Waals surface area contributed by atoms with Crippen molar-refractivity contribution in [2.45, 2.75) is 40.2 Å². The van der Waals surface area contributed by atoms with E-state index in [4.69, 9.17) is 5.73 Å². The third-order valence-electron chi connectivity index (χ3n) is 2.10. The summed E-state index contributed by atoms with van der Waals surface area (Å²) in [5.74, 6) is 1.61. The number of aryl methyl sites for hydroxylation is 1. The van der Waals surface area contributed by atoms with Crippen LogP contribution in [-0.4, -0.2) is 15.2 Å². The Morgan fingerprint density at radius 3 is 2.46 bits per heavy atom. The van der Waals surface area contributed by atoms with Gasteiger partial charge < -0.3 is 5.73 Å². The van der Waals surface area contributed by atoms with Gasteiger partial charge in [0.2, 0.25) is 0 Å². The predicted molar refractivity (Wildman–Crippen MR) is 52.1 cm³/mol. The first-order chi connectivity index (χ1) is 5.95. The maximum atomic E-state index is 6.00. The van der Waals surface area contributed by atoms with Gasteiger partial charge in [-0.1, -0.05) is 27.7 Å². The Bertz CT molecular complexity index is 271. The summed E-state index contributed by atoms with van der Waals surface area (Å²) in [7, 11) is 0. The van der Waals surface area contributed by atoms with Gasteiger partial charge in [0, 0.05) is 6.42 Å². The zero-order valence-corrected chi connectivity index (χ0v) is 8.76. The maximum absolute atomic E-state index is 6.00. The van der Waals surface area contributed by atoms with Crippen molar-refractivity contribution in [3.05, 3.63) is 11.6 Å². The molecule has 4 nitrogen and oxygen atoms in total. The van der Waals surface area contributed by atoms with Crippen molar-refractivity contribution >= 4 is 0 Å². The van der Waals surface area contributed by atoms with Crippen LogP contribution in [0.15, 0.2) is 0 Å². The third-order valence-corrected chi connectivity index (χ3v) is 2.10. The third kappa shape index (κ3) is 2.28. The molecule has 0 radical (unpaired) electrons. The van der Waals surface area contributed by atoms with Gasteiger partial charge in [0.25, 0.3) is 0 Å². The van der Waals surface area contributed by atoms with E-state index in [1.54, 1.807) is 0 Å². The molecule has 0 aliphatic heterocycles. The number of nitrogens with one attached hydrogen (secondary N) is 1. The lowest BCUT2D eigenvalue weighted by atomic mass is 9.87. The van der Waals surface area contributed by atoms with Crippen molar-refractivity contribution in [1.82, 2.24) is 15.2 Å². The highest BCUT2D eigenvalue weighted by molar-refractivity contribution is 4.99. The number of hydrogen-bond donors (Lipinski definition) is 2. The summed E-state index contributed by atoms with van der Waals surface area (Å²) in [6.07, 6.45) is 0.865. The summed E-state index contributed by atoms with van der Waals surface area (Å²) in [6.45, 7) is 8.28. The van der Waals surface area contributed by atoms with Crippen molar-refractivity contribution in [2.75, 3.05) is 0 Å². The minimum Gasteiger partial charge on any atom is -0.321 e. The van der Waals surface area contributed by atoms with Gasteiger partial charge in [0.1, 0.15) is 5.82 Å². The molecule has 1 aromatic heterocycles. The number of hydrogen-bond acceptors (Lipinski definition) is 3. The van der Waals surface area contributed by atoms with E-state index in [1.165, 1.54) is 0 Å². The van der Waals surface area contributed by atoms with Crippen LogP contribution in [-0.2, 0) is 6.42 Å². The topological polar surface area (TPSA) is 67.6 Å². The summed E-state index contributed by atoms with van der Waals surface area (Å²) in [5.41, 5.74) is 6.00. The molecule has 0 unspecified atom stereocenters. The van der Waals surface area contributed by atoms with Crippen molar-refractivity contribution < 1.29 is 0 Å². The molecule has 0 amide bonds. The Morgan fingerprint density at radius 2 is 2.08 bits per heavy atom. The second-order valence-electron chi connectivity index (χ2n) is 4.34. The summed E-state index contributed by atoms with van der Waals surface area (Å²) in [5, 5.41) is 6.96.